The summed E-state index contributed by atoms with van der Waals surface area (Å²) in [6.45, 7) is 1.93. The van der Waals surface area contributed by atoms with Crippen molar-refractivity contribution >= 4 is 17.0 Å². The molecule has 0 aliphatic heterocycles. The maximum atomic E-state index is 12.3. The van der Waals surface area contributed by atoms with E-state index in [1.54, 1.807) is 13.0 Å². The van der Waals surface area contributed by atoms with Crippen molar-refractivity contribution in [1.29, 1.82) is 0 Å². The summed E-state index contributed by atoms with van der Waals surface area (Å²) >= 11 is 0. The molecule has 3 aromatic rings. The Balaban J connectivity index is 2.18. The Morgan fingerprint density at radius 3 is 2.86 bits per heavy atom. The zero-order chi connectivity index (χ0) is 15.5. The van der Waals surface area contributed by atoms with E-state index in [4.69, 9.17) is 10.9 Å². The molecule has 1 aromatic carbocycles. The summed E-state index contributed by atoms with van der Waals surface area (Å²) in [5, 5.41) is 7.17. The standard InChI is InChI=1S/C17H13N3O2/c1-3-9-18-16(21)13-10-14(12-7-5-4-6-8-12)19-17-15(13)11(2)20-22-17/h1,4-8,10H,9H2,2H3,(H,18,21). The average Bonchev–Trinajstić information content (AvgIpc) is 2.94. The highest BCUT2D eigenvalue weighted by molar-refractivity contribution is 6.07. The molecule has 3 rings (SSSR count). The molecule has 5 nitrogen and oxygen atoms in total. The SMILES string of the molecule is C#CCNC(=O)c1cc(-c2ccccc2)nc2onc(C)c12. The number of carbonyl (C=O) groups is 1. The highest BCUT2D eigenvalue weighted by Gasteiger charge is 2.18. The zero-order valence-electron chi connectivity index (χ0n) is 12.0. The first-order valence-corrected chi connectivity index (χ1v) is 6.75. The van der Waals surface area contributed by atoms with Crippen LogP contribution in [-0.4, -0.2) is 22.6 Å². The quantitative estimate of drug-likeness (QED) is 0.753. The number of fused-ring (bicyclic) bond motifs is 1. The van der Waals surface area contributed by atoms with Gasteiger partial charge in [-0.05, 0) is 13.0 Å². The van der Waals surface area contributed by atoms with Crippen LogP contribution in [0.2, 0.25) is 0 Å². The first kappa shape index (κ1) is 13.8. The predicted octanol–water partition coefficient (Wildman–Crippen LogP) is 2.56. The molecule has 2 aromatic heterocycles. The second kappa shape index (κ2) is 5.70. The Labute approximate surface area is 127 Å². The molecule has 2 heterocycles. The first-order valence-electron chi connectivity index (χ1n) is 6.75. The molecule has 0 unspecified atom stereocenters. The number of amides is 1. The van der Waals surface area contributed by atoms with Crippen LogP contribution in [0.25, 0.3) is 22.4 Å². The number of rotatable bonds is 3. The number of hydrogen-bond acceptors (Lipinski definition) is 4. The van der Waals surface area contributed by atoms with Crippen molar-refractivity contribution in [2.45, 2.75) is 6.92 Å². The Morgan fingerprint density at radius 1 is 1.36 bits per heavy atom. The highest BCUT2D eigenvalue weighted by Crippen LogP contribution is 2.26. The number of carbonyl (C=O) groups excluding carboxylic acids is 1. The first-order chi connectivity index (χ1) is 10.7. The molecule has 0 bridgehead atoms. The van der Waals surface area contributed by atoms with Crippen molar-refractivity contribution in [3.63, 3.8) is 0 Å². The van der Waals surface area contributed by atoms with E-state index in [-0.39, 0.29) is 12.5 Å². The van der Waals surface area contributed by atoms with Crippen LogP contribution in [0.5, 0.6) is 0 Å². The summed E-state index contributed by atoms with van der Waals surface area (Å²) in [6.07, 6.45) is 5.19. The Bertz CT molecular complexity index is 876. The predicted molar refractivity (Wildman–Crippen MR) is 83.1 cm³/mol. The lowest BCUT2D eigenvalue weighted by molar-refractivity contribution is 0.0960. The van der Waals surface area contributed by atoms with Crippen molar-refractivity contribution in [3.05, 3.63) is 47.7 Å². The van der Waals surface area contributed by atoms with Crippen LogP contribution in [0.15, 0.2) is 40.9 Å². The maximum absolute atomic E-state index is 12.3. The second-order valence-electron chi connectivity index (χ2n) is 4.76. The lowest BCUT2D eigenvalue weighted by atomic mass is 10.1. The van der Waals surface area contributed by atoms with Crippen LogP contribution in [0.1, 0.15) is 16.1 Å². The van der Waals surface area contributed by atoms with E-state index in [1.165, 1.54) is 0 Å². The maximum Gasteiger partial charge on any atom is 0.259 e. The minimum Gasteiger partial charge on any atom is -0.341 e. The van der Waals surface area contributed by atoms with Crippen LogP contribution in [0.3, 0.4) is 0 Å². The van der Waals surface area contributed by atoms with Gasteiger partial charge in [-0.1, -0.05) is 41.4 Å². The molecular formula is C17H13N3O2. The molecule has 5 heteroatoms. The van der Waals surface area contributed by atoms with Crippen LogP contribution < -0.4 is 5.32 Å². The van der Waals surface area contributed by atoms with Crippen LogP contribution in [0.4, 0.5) is 0 Å². The third-order valence-corrected chi connectivity index (χ3v) is 3.28. The van der Waals surface area contributed by atoms with Crippen LogP contribution >= 0.6 is 0 Å². The number of nitrogens with one attached hydrogen (secondary N) is 1. The van der Waals surface area contributed by atoms with E-state index in [9.17, 15) is 4.79 Å². The topological polar surface area (TPSA) is 68.0 Å². The van der Waals surface area contributed by atoms with Crippen molar-refractivity contribution in [1.82, 2.24) is 15.5 Å². The van der Waals surface area contributed by atoms with Gasteiger partial charge in [0.05, 0.1) is 28.9 Å². The van der Waals surface area contributed by atoms with Gasteiger partial charge in [0.2, 0.25) is 0 Å². The van der Waals surface area contributed by atoms with Crippen molar-refractivity contribution in [2.24, 2.45) is 0 Å². The molecule has 0 aliphatic rings. The fourth-order valence-electron chi connectivity index (χ4n) is 2.26. The minimum atomic E-state index is -0.270. The number of aromatic nitrogens is 2. The molecule has 108 valence electrons. The third-order valence-electron chi connectivity index (χ3n) is 3.28. The molecule has 0 spiro atoms. The van der Waals surface area contributed by atoms with E-state index in [0.29, 0.717) is 28.1 Å². The van der Waals surface area contributed by atoms with Gasteiger partial charge in [0.1, 0.15) is 0 Å². The summed E-state index contributed by atoms with van der Waals surface area (Å²) in [6, 6.07) is 11.3. The third kappa shape index (κ3) is 2.42. The van der Waals surface area contributed by atoms with E-state index < -0.39 is 0 Å². The molecule has 0 saturated heterocycles. The van der Waals surface area contributed by atoms with Gasteiger partial charge >= 0.3 is 0 Å². The van der Waals surface area contributed by atoms with Crippen molar-refractivity contribution < 1.29 is 9.32 Å². The number of nitrogens with zero attached hydrogens (tertiary/aromatic N) is 2. The molecule has 0 radical (unpaired) electrons. The number of benzene rings is 1. The van der Waals surface area contributed by atoms with Gasteiger partial charge in [0.25, 0.3) is 11.6 Å². The fraction of sp³-hybridized carbons (Fsp3) is 0.118. The average molecular weight is 291 g/mol. The van der Waals surface area contributed by atoms with Gasteiger partial charge in [-0.25, -0.2) is 4.98 Å². The summed E-state index contributed by atoms with van der Waals surface area (Å²) < 4.78 is 5.22. The molecule has 22 heavy (non-hydrogen) atoms. The lowest BCUT2D eigenvalue weighted by Gasteiger charge is -2.06. The van der Waals surface area contributed by atoms with Gasteiger partial charge in [-0.2, -0.15) is 0 Å². The molecule has 0 aliphatic carbocycles. The number of aryl methyl sites for hydroxylation is 1. The van der Waals surface area contributed by atoms with Gasteiger partial charge in [0.15, 0.2) is 0 Å². The Morgan fingerprint density at radius 2 is 2.14 bits per heavy atom. The van der Waals surface area contributed by atoms with Crippen LogP contribution in [-0.2, 0) is 0 Å². The van der Waals surface area contributed by atoms with E-state index >= 15 is 0 Å². The number of hydrogen-bond donors (Lipinski definition) is 1. The Kier molecular flexibility index (Phi) is 3.58. The normalized spacial score (nSPS) is 10.4. The molecular weight excluding hydrogens is 278 g/mol. The lowest BCUT2D eigenvalue weighted by Crippen LogP contribution is -2.24. The summed E-state index contributed by atoms with van der Waals surface area (Å²) in [5.41, 5.74) is 2.95. The van der Waals surface area contributed by atoms with Crippen molar-refractivity contribution in [2.75, 3.05) is 6.54 Å². The van der Waals surface area contributed by atoms with E-state index in [1.807, 2.05) is 30.3 Å². The Hall–Kier alpha value is -3.13. The minimum absolute atomic E-state index is 0.160. The molecule has 0 fully saturated rings. The zero-order valence-corrected chi connectivity index (χ0v) is 12.0. The van der Waals surface area contributed by atoms with E-state index in [0.717, 1.165) is 5.56 Å². The van der Waals surface area contributed by atoms with Gasteiger partial charge < -0.3 is 9.84 Å². The van der Waals surface area contributed by atoms with Crippen LogP contribution in [0, 0.1) is 19.3 Å². The summed E-state index contributed by atoms with van der Waals surface area (Å²) in [4.78, 5) is 16.8. The molecule has 0 atom stereocenters. The highest BCUT2D eigenvalue weighted by atomic mass is 16.5. The van der Waals surface area contributed by atoms with Crippen molar-refractivity contribution in [3.8, 4) is 23.6 Å². The van der Waals surface area contributed by atoms with E-state index in [2.05, 4.69) is 21.4 Å². The monoisotopic (exact) mass is 291 g/mol. The summed E-state index contributed by atoms with van der Waals surface area (Å²) in [7, 11) is 0. The number of pyridine rings is 1. The molecule has 0 saturated carbocycles. The second-order valence-corrected chi connectivity index (χ2v) is 4.76. The van der Waals surface area contributed by atoms with Gasteiger partial charge in [0, 0.05) is 5.56 Å². The molecule has 1 amide bonds. The largest absolute Gasteiger partial charge is 0.341 e. The summed E-state index contributed by atoms with van der Waals surface area (Å²) in [5.74, 6) is 2.11. The smallest absolute Gasteiger partial charge is 0.259 e. The fourth-order valence-corrected chi connectivity index (χ4v) is 2.26. The van der Waals surface area contributed by atoms with Gasteiger partial charge in [-0.15, -0.1) is 6.42 Å². The molecule has 1 N–H and O–H groups in total. The van der Waals surface area contributed by atoms with Gasteiger partial charge in [-0.3, -0.25) is 4.79 Å². The number of terminal acetylenes is 1.